The Hall–Kier alpha value is -1.22. The molecule has 1 rings (SSSR count). The Balaban J connectivity index is 3.33. The van der Waals surface area contributed by atoms with Crippen molar-refractivity contribution >= 4 is 27.3 Å². The second-order valence-corrected chi connectivity index (χ2v) is 7.72. The van der Waals surface area contributed by atoms with Gasteiger partial charge in [-0.15, -0.1) is 0 Å². The fraction of sp³-hybridized carbons (Fsp3) is 0.500. The van der Waals surface area contributed by atoms with E-state index in [0.717, 1.165) is 18.2 Å². The van der Waals surface area contributed by atoms with Gasteiger partial charge >= 0.3 is 0 Å². The van der Waals surface area contributed by atoms with Crippen LogP contribution in [0.2, 0.25) is 5.02 Å². The van der Waals surface area contributed by atoms with Crippen LogP contribution in [0.1, 0.15) is 27.7 Å². The van der Waals surface area contributed by atoms with E-state index in [0.29, 0.717) is 0 Å². The summed E-state index contributed by atoms with van der Waals surface area (Å²) in [6.07, 6.45) is 0. The zero-order valence-corrected chi connectivity index (χ0v) is 13.6. The van der Waals surface area contributed by atoms with Crippen LogP contribution in [0.3, 0.4) is 0 Å². The lowest BCUT2D eigenvalue weighted by molar-refractivity contribution is -0.385. The molecular weight excluding hydrogens is 320 g/mol. The number of hydrogen-bond donors (Lipinski definition) is 2. The molecule has 0 bridgehead atoms. The first-order valence-electron chi connectivity index (χ1n) is 5.98. The molecule has 0 spiro atoms. The van der Waals surface area contributed by atoms with Crippen molar-refractivity contribution in [3.63, 3.8) is 0 Å². The second kappa shape index (κ2) is 5.53. The van der Waals surface area contributed by atoms with Crippen molar-refractivity contribution in [2.75, 3.05) is 0 Å². The lowest BCUT2D eigenvalue weighted by atomic mass is 9.87. The number of nitrogens with zero attached hydrogens (tertiary/aromatic N) is 1. The summed E-state index contributed by atoms with van der Waals surface area (Å²) in [6, 6.07) is 3.14. The molecule has 0 atom stereocenters. The lowest BCUT2D eigenvalue weighted by Crippen LogP contribution is -2.57. The minimum absolute atomic E-state index is 0.139. The number of rotatable bonds is 5. The number of benzene rings is 1. The van der Waals surface area contributed by atoms with Gasteiger partial charge in [-0.05, 0) is 33.8 Å². The third kappa shape index (κ3) is 3.91. The molecule has 21 heavy (non-hydrogen) atoms. The van der Waals surface area contributed by atoms with Crippen molar-refractivity contribution in [1.82, 2.24) is 4.72 Å². The van der Waals surface area contributed by atoms with E-state index in [4.69, 9.17) is 11.6 Å². The lowest BCUT2D eigenvalue weighted by Gasteiger charge is -2.37. The first kappa shape index (κ1) is 17.8. The minimum atomic E-state index is -4.13. The van der Waals surface area contributed by atoms with E-state index < -0.39 is 31.0 Å². The minimum Gasteiger partial charge on any atom is -0.389 e. The highest BCUT2D eigenvalue weighted by molar-refractivity contribution is 7.89. The molecule has 0 aromatic heterocycles. The Morgan fingerprint density at radius 2 is 1.81 bits per heavy atom. The first-order valence-corrected chi connectivity index (χ1v) is 7.84. The molecule has 0 unspecified atom stereocenters. The average molecular weight is 337 g/mol. The molecule has 118 valence electrons. The SMILES string of the molecule is CC(C)(O)C(C)(C)NS(=O)(=O)c1cc([N+](=O)[O-])ccc1Cl. The fourth-order valence-electron chi connectivity index (χ4n) is 1.33. The number of nitro benzene ring substituents is 1. The van der Waals surface area contributed by atoms with Crippen LogP contribution in [0.4, 0.5) is 5.69 Å². The number of halogens is 1. The molecule has 0 radical (unpaired) electrons. The van der Waals surface area contributed by atoms with Crippen LogP contribution in [0.25, 0.3) is 0 Å². The van der Waals surface area contributed by atoms with Crippen molar-refractivity contribution in [1.29, 1.82) is 0 Å². The molecule has 0 aliphatic carbocycles. The van der Waals surface area contributed by atoms with Gasteiger partial charge in [0.1, 0.15) is 4.90 Å². The van der Waals surface area contributed by atoms with Gasteiger partial charge in [0.15, 0.2) is 0 Å². The standard InChI is InChI=1S/C12H17ClN2O5S/c1-11(2,12(3,4)16)14-21(19,20)10-7-8(15(17)18)5-6-9(10)13/h5-7,14,16H,1-4H3. The third-order valence-electron chi connectivity index (χ3n) is 3.33. The van der Waals surface area contributed by atoms with E-state index in [-0.39, 0.29) is 10.7 Å². The van der Waals surface area contributed by atoms with Crippen LogP contribution in [-0.4, -0.2) is 29.6 Å². The quantitative estimate of drug-likeness (QED) is 0.632. The van der Waals surface area contributed by atoms with Gasteiger partial charge in [0.05, 0.1) is 21.1 Å². The van der Waals surface area contributed by atoms with Gasteiger partial charge in [-0.25, -0.2) is 13.1 Å². The average Bonchev–Trinajstić information content (AvgIpc) is 2.25. The molecular formula is C12H17ClN2O5S. The normalized spacial score (nSPS) is 13.2. The smallest absolute Gasteiger partial charge is 0.270 e. The molecule has 0 aliphatic heterocycles. The number of nitrogens with one attached hydrogen (secondary N) is 1. The van der Waals surface area contributed by atoms with Crippen LogP contribution in [0.5, 0.6) is 0 Å². The summed E-state index contributed by atoms with van der Waals surface area (Å²) < 4.78 is 27.0. The highest BCUT2D eigenvalue weighted by atomic mass is 35.5. The molecule has 0 heterocycles. The first-order chi connectivity index (χ1) is 9.28. The second-order valence-electron chi connectivity index (χ2n) is 5.66. The predicted octanol–water partition coefficient (Wildman–Crippen LogP) is 2.08. The number of aliphatic hydroxyl groups is 1. The Morgan fingerprint density at radius 1 is 1.29 bits per heavy atom. The van der Waals surface area contributed by atoms with Crippen molar-refractivity contribution in [2.24, 2.45) is 0 Å². The molecule has 0 amide bonds. The maximum Gasteiger partial charge on any atom is 0.270 e. The summed E-state index contributed by atoms with van der Waals surface area (Å²) in [7, 11) is -4.13. The van der Waals surface area contributed by atoms with Crippen molar-refractivity contribution < 1.29 is 18.4 Å². The van der Waals surface area contributed by atoms with Crippen molar-refractivity contribution in [2.45, 2.75) is 43.7 Å². The summed E-state index contributed by atoms with van der Waals surface area (Å²) in [5, 5.41) is 20.6. The van der Waals surface area contributed by atoms with Crippen LogP contribution in [-0.2, 0) is 10.0 Å². The molecule has 1 aromatic carbocycles. The van der Waals surface area contributed by atoms with E-state index in [1.165, 1.54) is 27.7 Å². The van der Waals surface area contributed by atoms with Gasteiger partial charge in [0, 0.05) is 12.1 Å². The molecule has 0 saturated heterocycles. The molecule has 0 aliphatic rings. The molecule has 1 aromatic rings. The fourth-order valence-corrected chi connectivity index (χ4v) is 3.38. The Labute approximate surface area is 128 Å². The van der Waals surface area contributed by atoms with Crippen LogP contribution < -0.4 is 4.72 Å². The Kier molecular flexibility index (Phi) is 4.69. The maximum atomic E-state index is 12.4. The van der Waals surface area contributed by atoms with Crippen LogP contribution >= 0.6 is 11.6 Å². The molecule has 2 N–H and O–H groups in total. The molecule has 7 nitrogen and oxygen atoms in total. The Bertz CT molecular complexity index is 665. The zero-order valence-electron chi connectivity index (χ0n) is 12.0. The van der Waals surface area contributed by atoms with E-state index in [2.05, 4.69) is 4.72 Å². The predicted molar refractivity (Wildman–Crippen MR) is 78.8 cm³/mol. The number of nitro groups is 1. The van der Waals surface area contributed by atoms with E-state index in [9.17, 15) is 23.6 Å². The Morgan fingerprint density at radius 3 is 2.24 bits per heavy atom. The zero-order chi connectivity index (χ0) is 16.6. The van der Waals surface area contributed by atoms with Gasteiger partial charge in [0.2, 0.25) is 10.0 Å². The third-order valence-corrected chi connectivity index (χ3v) is 5.47. The number of hydrogen-bond acceptors (Lipinski definition) is 5. The van der Waals surface area contributed by atoms with Gasteiger partial charge in [-0.2, -0.15) is 0 Å². The molecule has 9 heteroatoms. The van der Waals surface area contributed by atoms with Gasteiger partial charge < -0.3 is 5.11 Å². The van der Waals surface area contributed by atoms with Gasteiger partial charge in [-0.1, -0.05) is 11.6 Å². The largest absolute Gasteiger partial charge is 0.389 e. The molecule has 0 saturated carbocycles. The number of non-ortho nitro benzene ring substituents is 1. The van der Waals surface area contributed by atoms with Crippen molar-refractivity contribution in [3.05, 3.63) is 33.3 Å². The van der Waals surface area contributed by atoms with E-state index >= 15 is 0 Å². The maximum absolute atomic E-state index is 12.4. The molecule has 0 fully saturated rings. The summed E-state index contributed by atoms with van der Waals surface area (Å²) in [5.41, 5.74) is -2.95. The highest BCUT2D eigenvalue weighted by Crippen LogP contribution is 2.29. The summed E-state index contributed by atoms with van der Waals surface area (Å²) in [6.45, 7) is 5.89. The van der Waals surface area contributed by atoms with Crippen LogP contribution in [0, 0.1) is 10.1 Å². The van der Waals surface area contributed by atoms with E-state index in [1.807, 2.05) is 0 Å². The highest BCUT2D eigenvalue weighted by Gasteiger charge is 2.39. The van der Waals surface area contributed by atoms with Gasteiger partial charge in [0.25, 0.3) is 5.69 Å². The van der Waals surface area contributed by atoms with Crippen molar-refractivity contribution in [3.8, 4) is 0 Å². The monoisotopic (exact) mass is 336 g/mol. The summed E-state index contributed by atoms with van der Waals surface area (Å²) in [4.78, 5) is 9.62. The summed E-state index contributed by atoms with van der Waals surface area (Å²) >= 11 is 5.82. The van der Waals surface area contributed by atoms with Crippen LogP contribution in [0.15, 0.2) is 23.1 Å². The topological polar surface area (TPSA) is 110 Å². The van der Waals surface area contributed by atoms with E-state index in [1.54, 1.807) is 0 Å². The summed E-state index contributed by atoms with van der Waals surface area (Å²) in [5.74, 6) is 0. The number of sulfonamides is 1. The van der Waals surface area contributed by atoms with Gasteiger partial charge in [-0.3, -0.25) is 10.1 Å².